The van der Waals surface area contributed by atoms with E-state index < -0.39 is 13.0 Å². The van der Waals surface area contributed by atoms with Crippen molar-refractivity contribution in [2.75, 3.05) is 13.2 Å². The fraction of sp³-hybridized carbons (Fsp3) is 0.571. The maximum absolute atomic E-state index is 11.8. The number of halogens is 2. The Hall–Kier alpha value is -1.00. The zero-order valence-corrected chi connectivity index (χ0v) is 10.9. The molecule has 0 heterocycles. The zero-order chi connectivity index (χ0) is 13.5. The summed E-state index contributed by atoms with van der Waals surface area (Å²) >= 11 is 0. The molecule has 1 unspecified atom stereocenters. The predicted molar refractivity (Wildman–Crippen MR) is 68.9 cm³/mol. The summed E-state index contributed by atoms with van der Waals surface area (Å²) in [5.41, 5.74) is 8.25. The first-order valence-electron chi connectivity index (χ1n) is 6.22. The maximum Gasteiger partial charge on any atom is 0.261 e. The summed E-state index contributed by atoms with van der Waals surface area (Å²) in [7, 11) is 0. The summed E-state index contributed by atoms with van der Waals surface area (Å²) in [6.07, 6.45) is -1.86. The van der Waals surface area contributed by atoms with Gasteiger partial charge in [0.15, 0.2) is 0 Å². The number of benzene rings is 1. The lowest BCUT2D eigenvalue weighted by atomic mass is 9.98. The van der Waals surface area contributed by atoms with Crippen LogP contribution in [-0.4, -0.2) is 19.6 Å². The normalized spacial score (nSPS) is 13.3. The molecular weight excluding hydrogens is 236 g/mol. The Balaban J connectivity index is 2.39. The molecule has 2 nitrogen and oxygen atoms in total. The first-order valence-corrected chi connectivity index (χ1v) is 6.22. The highest BCUT2D eigenvalue weighted by atomic mass is 19.3. The third kappa shape index (κ3) is 5.10. The molecule has 0 amide bonds. The Kier molecular flexibility index (Phi) is 6.22. The van der Waals surface area contributed by atoms with Crippen LogP contribution in [0.25, 0.3) is 0 Å². The lowest BCUT2D eigenvalue weighted by molar-refractivity contribution is 0.0152. The Morgan fingerprint density at radius 2 is 1.67 bits per heavy atom. The molecule has 1 rings (SSSR count). The van der Waals surface area contributed by atoms with Crippen LogP contribution in [0.5, 0.6) is 0 Å². The van der Waals surface area contributed by atoms with Gasteiger partial charge in [0.05, 0.1) is 0 Å². The SMILES string of the molecule is CC(C)c1ccc(C(N)CCOCC(F)F)cc1. The lowest BCUT2D eigenvalue weighted by Crippen LogP contribution is -2.14. The number of ether oxygens (including phenoxy) is 1. The summed E-state index contributed by atoms with van der Waals surface area (Å²) in [4.78, 5) is 0. The molecular formula is C14H21F2NO. The molecule has 0 aliphatic heterocycles. The fourth-order valence-electron chi connectivity index (χ4n) is 1.68. The molecule has 0 aliphatic carbocycles. The van der Waals surface area contributed by atoms with Crippen LogP contribution in [0.2, 0.25) is 0 Å². The van der Waals surface area contributed by atoms with E-state index in [-0.39, 0.29) is 12.6 Å². The van der Waals surface area contributed by atoms with Gasteiger partial charge in [-0.15, -0.1) is 0 Å². The summed E-state index contributed by atoms with van der Waals surface area (Å²) in [5.74, 6) is 0.490. The van der Waals surface area contributed by atoms with Gasteiger partial charge in [0, 0.05) is 12.6 Å². The van der Waals surface area contributed by atoms with E-state index in [9.17, 15) is 8.78 Å². The second-order valence-electron chi connectivity index (χ2n) is 4.68. The maximum atomic E-state index is 11.8. The van der Waals surface area contributed by atoms with Gasteiger partial charge in [-0.05, 0) is 23.5 Å². The van der Waals surface area contributed by atoms with E-state index in [2.05, 4.69) is 26.0 Å². The molecule has 0 aromatic heterocycles. The van der Waals surface area contributed by atoms with Crippen molar-refractivity contribution in [1.29, 1.82) is 0 Å². The van der Waals surface area contributed by atoms with Gasteiger partial charge < -0.3 is 10.5 Å². The number of rotatable bonds is 7. The summed E-state index contributed by atoms with van der Waals surface area (Å²) in [5, 5.41) is 0. The van der Waals surface area contributed by atoms with Gasteiger partial charge >= 0.3 is 0 Å². The molecule has 18 heavy (non-hydrogen) atoms. The molecule has 0 aliphatic rings. The summed E-state index contributed by atoms with van der Waals surface area (Å²) in [6, 6.07) is 7.93. The molecule has 1 aromatic carbocycles. The Morgan fingerprint density at radius 3 is 2.17 bits per heavy atom. The van der Waals surface area contributed by atoms with Crippen molar-refractivity contribution < 1.29 is 13.5 Å². The van der Waals surface area contributed by atoms with Crippen LogP contribution in [0.15, 0.2) is 24.3 Å². The van der Waals surface area contributed by atoms with E-state index in [0.29, 0.717) is 12.3 Å². The minimum Gasteiger partial charge on any atom is -0.375 e. The van der Waals surface area contributed by atoms with E-state index in [1.165, 1.54) is 5.56 Å². The van der Waals surface area contributed by atoms with Crippen LogP contribution >= 0.6 is 0 Å². The topological polar surface area (TPSA) is 35.2 Å². The van der Waals surface area contributed by atoms with E-state index in [0.717, 1.165) is 5.56 Å². The van der Waals surface area contributed by atoms with E-state index in [1.54, 1.807) is 0 Å². The van der Waals surface area contributed by atoms with Crippen molar-refractivity contribution in [2.24, 2.45) is 5.73 Å². The highest BCUT2D eigenvalue weighted by Gasteiger charge is 2.08. The van der Waals surface area contributed by atoms with Crippen LogP contribution in [-0.2, 0) is 4.74 Å². The smallest absolute Gasteiger partial charge is 0.261 e. The average molecular weight is 257 g/mol. The van der Waals surface area contributed by atoms with Crippen LogP contribution in [0, 0.1) is 0 Å². The third-order valence-electron chi connectivity index (χ3n) is 2.85. The van der Waals surface area contributed by atoms with Crippen LogP contribution in [0.3, 0.4) is 0 Å². The Labute approximate surface area is 107 Å². The average Bonchev–Trinajstić information content (AvgIpc) is 2.34. The molecule has 0 spiro atoms. The highest BCUT2D eigenvalue weighted by molar-refractivity contribution is 5.26. The van der Waals surface area contributed by atoms with Crippen molar-refractivity contribution in [1.82, 2.24) is 0 Å². The standard InChI is InChI=1S/C14H21F2NO/c1-10(2)11-3-5-12(6-4-11)13(17)7-8-18-9-14(15)16/h3-6,10,13-14H,7-9,17H2,1-2H3. The van der Waals surface area contributed by atoms with Crippen LogP contribution in [0.1, 0.15) is 43.4 Å². The summed E-state index contributed by atoms with van der Waals surface area (Å²) < 4.78 is 28.5. The Morgan fingerprint density at radius 1 is 1.11 bits per heavy atom. The Bertz CT molecular complexity index is 338. The van der Waals surface area contributed by atoms with Gasteiger partial charge in [0.2, 0.25) is 0 Å². The molecule has 1 atom stereocenters. The van der Waals surface area contributed by atoms with Crippen molar-refractivity contribution in [3.05, 3.63) is 35.4 Å². The quantitative estimate of drug-likeness (QED) is 0.759. The number of nitrogens with two attached hydrogens (primary N) is 1. The molecule has 2 N–H and O–H groups in total. The second-order valence-corrected chi connectivity index (χ2v) is 4.68. The fourth-order valence-corrected chi connectivity index (χ4v) is 1.68. The van der Waals surface area contributed by atoms with Crippen molar-refractivity contribution in [2.45, 2.75) is 38.7 Å². The van der Waals surface area contributed by atoms with Gasteiger partial charge in [0.1, 0.15) is 6.61 Å². The lowest BCUT2D eigenvalue weighted by Gasteiger charge is -2.13. The van der Waals surface area contributed by atoms with E-state index in [1.807, 2.05) is 12.1 Å². The monoisotopic (exact) mass is 257 g/mol. The first kappa shape index (κ1) is 15.1. The molecule has 0 radical (unpaired) electrons. The molecule has 0 bridgehead atoms. The zero-order valence-electron chi connectivity index (χ0n) is 10.9. The van der Waals surface area contributed by atoms with Crippen molar-refractivity contribution in [3.8, 4) is 0 Å². The molecule has 102 valence electrons. The number of hydrogen-bond acceptors (Lipinski definition) is 2. The molecule has 0 saturated heterocycles. The van der Waals surface area contributed by atoms with Gasteiger partial charge in [-0.1, -0.05) is 38.1 Å². The molecule has 0 saturated carbocycles. The molecule has 4 heteroatoms. The number of alkyl halides is 2. The number of hydrogen-bond donors (Lipinski definition) is 1. The third-order valence-corrected chi connectivity index (χ3v) is 2.85. The van der Waals surface area contributed by atoms with Crippen LogP contribution in [0.4, 0.5) is 8.78 Å². The van der Waals surface area contributed by atoms with Gasteiger partial charge in [-0.3, -0.25) is 0 Å². The van der Waals surface area contributed by atoms with E-state index >= 15 is 0 Å². The van der Waals surface area contributed by atoms with Gasteiger partial charge in [-0.25, -0.2) is 8.78 Å². The minimum atomic E-state index is -2.41. The first-order chi connectivity index (χ1) is 8.50. The van der Waals surface area contributed by atoms with Crippen LogP contribution < -0.4 is 5.73 Å². The summed E-state index contributed by atoms with van der Waals surface area (Å²) in [6.45, 7) is 4.01. The molecule has 0 fully saturated rings. The van der Waals surface area contributed by atoms with Gasteiger partial charge in [-0.2, -0.15) is 0 Å². The highest BCUT2D eigenvalue weighted by Crippen LogP contribution is 2.19. The van der Waals surface area contributed by atoms with Crippen molar-refractivity contribution in [3.63, 3.8) is 0 Å². The van der Waals surface area contributed by atoms with E-state index in [4.69, 9.17) is 10.5 Å². The largest absolute Gasteiger partial charge is 0.375 e. The van der Waals surface area contributed by atoms with Crippen molar-refractivity contribution >= 4 is 0 Å². The van der Waals surface area contributed by atoms with Gasteiger partial charge in [0.25, 0.3) is 6.43 Å². The molecule has 1 aromatic rings. The predicted octanol–water partition coefficient (Wildman–Crippen LogP) is 3.48. The second kappa shape index (κ2) is 7.44. The minimum absolute atomic E-state index is 0.163.